The number of rotatable bonds is 2. The summed E-state index contributed by atoms with van der Waals surface area (Å²) in [5.41, 5.74) is 0.270. The normalized spacial score (nSPS) is 11.4. The Morgan fingerprint density at radius 2 is 2.14 bits per heavy atom. The third-order valence-corrected chi connectivity index (χ3v) is 1.98. The van der Waals surface area contributed by atoms with E-state index in [0.29, 0.717) is 0 Å². The van der Waals surface area contributed by atoms with Gasteiger partial charge in [0.1, 0.15) is 17.9 Å². The molecule has 0 saturated heterocycles. The maximum atomic E-state index is 8.89. The number of hydrogen-bond acceptors (Lipinski definition) is 4. The molecular formula is C6H5Cl3N4O. The van der Waals surface area contributed by atoms with Gasteiger partial charge in [-0.3, -0.25) is 0 Å². The Labute approximate surface area is 94.8 Å². The van der Waals surface area contributed by atoms with Crippen LogP contribution < -0.4 is 0 Å². The molecule has 0 aliphatic heterocycles. The molecule has 76 valence electrons. The Hall–Kier alpha value is -0.540. The van der Waals surface area contributed by atoms with Gasteiger partial charge in [-0.25, -0.2) is 4.68 Å². The second-order valence-electron chi connectivity index (χ2n) is 2.36. The predicted molar refractivity (Wildman–Crippen MR) is 50.8 cm³/mol. The zero-order chi connectivity index (χ0) is 10.8. The Morgan fingerprint density at radius 1 is 1.50 bits per heavy atom. The number of nitriles is 1. The quantitative estimate of drug-likeness (QED) is 0.804. The fraction of sp³-hybridized carbons (Fsp3) is 0.500. The standard InChI is InChI=1S/C6H5Cl3N4O/c7-6(8,9)5-4(3-14)11-12-13(5)2-1-10/h14H,2-3H2. The lowest BCUT2D eigenvalue weighted by molar-refractivity contribution is 0.275. The van der Waals surface area contributed by atoms with E-state index in [2.05, 4.69) is 10.3 Å². The van der Waals surface area contributed by atoms with Gasteiger partial charge in [-0.15, -0.1) is 5.10 Å². The largest absolute Gasteiger partial charge is 0.390 e. The summed E-state index contributed by atoms with van der Waals surface area (Å²) < 4.78 is -0.614. The third kappa shape index (κ3) is 2.28. The molecule has 0 unspecified atom stereocenters. The van der Waals surface area contributed by atoms with Gasteiger partial charge in [0.25, 0.3) is 0 Å². The second-order valence-corrected chi connectivity index (χ2v) is 4.64. The number of aliphatic hydroxyl groups is 1. The molecule has 0 saturated carbocycles. The first kappa shape index (κ1) is 11.5. The van der Waals surface area contributed by atoms with E-state index >= 15 is 0 Å². The molecule has 1 N–H and O–H groups in total. The van der Waals surface area contributed by atoms with Crippen LogP contribution in [0.4, 0.5) is 0 Å². The lowest BCUT2D eigenvalue weighted by Crippen LogP contribution is -2.13. The zero-order valence-electron chi connectivity index (χ0n) is 6.78. The van der Waals surface area contributed by atoms with Gasteiger partial charge in [0, 0.05) is 0 Å². The highest BCUT2D eigenvalue weighted by atomic mass is 35.6. The average molecular weight is 255 g/mol. The zero-order valence-corrected chi connectivity index (χ0v) is 9.05. The second kappa shape index (κ2) is 4.32. The molecule has 0 aliphatic carbocycles. The van der Waals surface area contributed by atoms with E-state index in [4.69, 9.17) is 45.2 Å². The van der Waals surface area contributed by atoms with Crippen molar-refractivity contribution in [2.75, 3.05) is 0 Å². The number of halogens is 3. The van der Waals surface area contributed by atoms with Crippen LogP contribution in [0.2, 0.25) is 0 Å². The van der Waals surface area contributed by atoms with Crippen molar-refractivity contribution in [3.05, 3.63) is 11.4 Å². The molecule has 1 aromatic heterocycles. The number of hydrogen-bond donors (Lipinski definition) is 1. The van der Waals surface area contributed by atoms with Gasteiger partial charge in [-0.1, -0.05) is 40.0 Å². The van der Waals surface area contributed by atoms with Gasteiger partial charge in [0.15, 0.2) is 0 Å². The summed E-state index contributed by atoms with van der Waals surface area (Å²) in [6.45, 7) is -0.481. The fourth-order valence-electron chi connectivity index (χ4n) is 0.943. The molecule has 0 aromatic carbocycles. The molecular weight excluding hydrogens is 250 g/mol. The van der Waals surface area contributed by atoms with Gasteiger partial charge < -0.3 is 5.11 Å². The van der Waals surface area contributed by atoms with Crippen molar-refractivity contribution in [3.63, 3.8) is 0 Å². The summed E-state index contributed by atoms with van der Waals surface area (Å²) >= 11 is 16.9. The number of aliphatic hydroxyl groups excluding tert-OH is 1. The Morgan fingerprint density at radius 3 is 2.57 bits per heavy atom. The van der Waals surface area contributed by atoms with E-state index in [9.17, 15) is 0 Å². The summed E-state index contributed by atoms with van der Waals surface area (Å²) in [7, 11) is 0. The summed E-state index contributed by atoms with van der Waals surface area (Å²) in [5, 5.41) is 24.5. The van der Waals surface area contributed by atoms with Crippen LogP contribution in [0, 0.1) is 11.3 Å². The Bertz CT molecular complexity index is 364. The molecule has 0 aliphatic rings. The van der Waals surface area contributed by atoms with E-state index < -0.39 is 10.4 Å². The van der Waals surface area contributed by atoms with Crippen LogP contribution in [-0.4, -0.2) is 20.1 Å². The molecule has 0 spiro atoms. The molecule has 0 amide bonds. The van der Waals surface area contributed by atoms with Gasteiger partial charge in [0.2, 0.25) is 3.79 Å². The predicted octanol–water partition coefficient (Wildman–Crippen LogP) is 1.12. The first-order valence-corrected chi connectivity index (χ1v) is 4.61. The van der Waals surface area contributed by atoms with Gasteiger partial charge in [0.05, 0.1) is 12.7 Å². The highest BCUT2D eigenvalue weighted by molar-refractivity contribution is 6.66. The molecule has 1 aromatic rings. The minimum Gasteiger partial charge on any atom is -0.390 e. The first-order valence-electron chi connectivity index (χ1n) is 3.48. The number of aromatic nitrogens is 3. The van der Waals surface area contributed by atoms with E-state index in [0.717, 1.165) is 4.68 Å². The van der Waals surface area contributed by atoms with Gasteiger partial charge in [-0.2, -0.15) is 5.26 Å². The Kier molecular flexibility index (Phi) is 3.56. The van der Waals surface area contributed by atoms with Crippen LogP contribution >= 0.6 is 34.8 Å². The van der Waals surface area contributed by atoms with Crippen LogP contribution in [0.25, 0.3) is 0 Å². The van der Waals surface area contributed by atoms with Crippen LogP contribution in [0.5, 0.6) is 0 Å². The van der Waals surface area contributed by atoms with Crippen LogP contribution in [0.1, 0.15) is 11.4 Å². The molecule has 0 bridgehead atoms. The van der Waals surface area contributed by atoms with E-state index in [1.807, 2.05) is 6.07 Å². The van der Waals surface area contributed by atoms with Crippen LogP contribution in [0.15, 0.2) is 0 Å². The van der Waals surface area contributed by atoms with E-state index in [1.165, 1.54) is 0 Å². The molecule has 0 radical (unpaired) electrons. The van der Waals surface area contributed by atoms with Crippen LogP contribution in [-0.2, 0) is 16.9 Å². The molecule has 0 fully saturated rings. The summed E-state index contributed by atoms with van der Waals surface area (Å²) in [4.78, 5) is 0. The van der Waals surface area contributed by atoms with Crippen molar-refractivity contribution < 1.29 is 5.11 Å². The van der Waals surface area contributed by atoms with Crippen LogP contribution in [0.3, 0.4) is 0 Å². The average Bonchev–Trinajstić information content (AvgIpc) is 2.47. The Balaban J connectivity index is 3.21. The van der Waals surface area contributed by atoms with E-state index in [-0.39, 0.29) is 17.9 Å². The smallest absolute Gasteiger partial charge is 0.234 e. The first-order chi connectivity index (χ1) is 6.50. The molecule has 5 nitrogen and oxygen atoms in total. The summed E-state index contributed by atoms with van der Waals surface area (Å²) in [6.07, 6.45) is 0. The fourth-order valence-corrected chi connectivity index (χ4v) is 1.56. The third-order valence-electron chi connectivity index (χ3n) is 1.44. The van der Waals surface area contributed by atoms with Crippen molar-refractivity contribution in [2.24, 2.45) is 0 Å². The molecule has 0 atom stereocenters. The van der Waals surface area contributed by atoms with Crippen molar-refractivity contribution >= 4 is 34.8 Å². The van der Waals surface area contributed by atoms with Gasteiger partial charge >= 0.3 is 0 Å². The summed E-state index contributed by atoms with van der Waals surface area (Å²) in [6, 6.07) is 1.84. The molecule has 14 heavy (non-hydrogen) atoms. The van der Waals surface area contributed by atoms with Crippen molar-refractivity contribution in [2.45, 2.75) is 16.9 Å². The number of alkyl halides is 3. The maximum Gasteiger partial charge on any atom is 0.234 e. The lowest BCUT2D eigenvalue weighted by Gasteiger charge is -2.12. The minimum absolute atomic E-state index is 0.0871. The molecule has 1 heterocycles. The minimum atomic E-state index is -1.75. The van der Waals surface area contributed by atoms with Crippen molar-refractivity contribution in [1.29, 1.82) is 5.26 Å². The maximum absolute atomic E-state index is 8.89. The highest BCUT2D eigenvalue weighted by Gasteiger charge is 2.32. The molecule has 1 rings (SSSR count). The van der Waals surface area contributed by atoms with Crippen molar-refractivity contribution in [1.82, 2.24) is 15.0 Å². The number of nitrogens with zero attached hydrogens (tertiary/aromatic N) is 4. The van der Waals surface area contributed by atoms with Crippen molar-refractivity contribution in [3.8, 4) is 6.07 Å². The summed E-state index contributed by atoms with van der Waals surface area (Å²) in [5.74, 6) is 0. The topological polar surface area (TPSA) is 74.7 Å². The van der Waals surface area contributed by atoms with E-state index in [1.54, 1.807) is 0 Å². The van der Waals surface area contributed by atoms with Gasteiger partial charge in [-0.05, 0) is 0 Å². The SMILES string of the molecule is N#CCn1nnc(CO)c1C(Cl)(Cl)Cl. The molecule has 8 heteroatoms. The lowest BCUT2D eigenvalue weighted by atomic mass is 10.3. The highest BCUT2D eigenvalue weighted by Crippen LogP contribution is 2.39. The monoisotopic (exact) mass is 254 g/mol.